The van der Waals surface area contributed by atoms with E-state index in [4.69, 9.17) is 4.74 Å². The smallest absolute Gasteiger partial charge is 0.270 e. The molecule has 1 atom stereocenters. The lowest BCUT2D eigenvalue weighted by Gasteiger charge is -2.22. The van der Waals surface area contributed by atoms with E-state index < -0.39 is 5.60 Å². The monoisotopic (exact) mass is 258 g/mol. The molecule has 1 aromatic rings. The SMILES string of the molecule is COCCC(C)(O)CNC(=O)c1csc(C)n1. The topological polar surface area (TPSA) is 71.5 Å². The Morgan fingerprint density at radius 1 is 1.71 bits per heavy atom. The molecule has 5 nitrogen and oxygen atoms in total. The van der Waals surface area contributed by atoms with Crippen LogP contribution in [0.25, 0.3) is 0 Å². The number of hydrogen-bond donors (Lipinski definition) is 2. The molecule has 0 radical (unpaired) electrons. The Morgan fingerprint density at radius 3 is 2.94 bits per heavy atom. The molecule has 0 saturated carbocycles. The summed E-state index contributed by atoms with van der Waals surface area (Å²) >= 11 is 1.43. The predicted octanol–water partition coefficient (Wildman–Crippen LogP) is 0.969. The number of rotatable bonds is 6. The lowest BCUT2D eigenvalue weighted by molar-refractivity contribution is 0.0243. The molecule has 0 bridgehead atoms. The summed E-state index contributed by atoms with van der Waals surface area (Å²) in [5.41, 5.74) is -0.563. The summed E-state index contributed by atoms with van der Waals surface area (Å²) in [6.45, 7) is 4.15. The molecule has 1 unspecified atom stereocenters. The Kier molecular flexibility index (Phi) is 5.04. The molecule has 0 aliphatic rings. The number of nitrogens with zero attached hydrogens (tertiary/aromatic N) is 1. The largest absolute Gasteiger partial charge is 0.388 e. The number of thiazole rings is 1. The summed E-state index contributed by atoms with van der Waals surface area (Å²) in [6.07, 6.45) is 0.472. The van der Waals surface area contributed by atoms with Crippen molar-refractivity contribution in [1.82, 2.24) is 10.3 Å². The number of hydrogen-bond acceptors (Lipinski definition) is 5. The van der Waals surface area contributed by atoms with Crippen LogP contribution in [0.3, 0.4) is 0 Å². The van der Waals surface area contributed by atoms with Gasteiger partial charge in [-0.2, -0.15) is 0 Å². The van der Waals surface area contributed by atoms with Gasteiger partial charge in [0, 0.05) is 32.1 Å². The van der Waals surface area contributed by atoms with Crippen molar-refractivity contribution in [2.24, 2.45) is 0 Å². The highest BCUT2D eigenvalue weighted by atomic mass is 32.1. The van der Waals surface area contributed by atoms with Gasteiger partial charge in [0.05, 0.1) is 10.6 Å². The third-order valence-electron chi connectivity index (χ3n) is 2.33. The third-order valence-corrected chi connectivity index (χ3v) is 3.10. The maximum Gasteiger partial charge on any atom is 0.270 e. The number of amides is 1. The molecular weight excluding hydrogens is 240 g/mol. The number of carbonyl (C=O) groups is 1. The first kappa shape index (κ1) is 14.1. The van der Waals surface area contributed by atoms with E-state index in [1.165, 1.54) is 11.3 Å². The first-order valence-corrected chi connectivity index (χ1v) is 6.24. The highest BCUT2D eigenvalue weighted by Gasteiger charge is 2.21. The maximum absolute atomic E-state index is 11.7. The van der Waals surface area contributed by atoms with Crippen LogP contribution in [-0.2, 0) is 4.74 Å². The molecule has 0 fully saturated rings. The van der Waals surface area contributed by atoms with Gasteiger partial charge in [-0.1, -0.05) is 0 Å². The van der Waals surface area contributed by atoms with E-state index in [0.717, 1.165) is 5.01 Å². The summed E-state index contributed by atoms with van der Waals surface area (Å²) in [7, 11) is 1.58. The summed E-state index contributed by atoms with van der Waals surface area (Å²) in [4.78, 5) is 15.7. The molecule has 1 amide bonds. The quantitative estimate of drug-likeness (QED) is 0.797. The highest BCUT2D eigenvalue weighted by molar-refractivity contribution is 7.09. The molecule has 2 N–H and O–H groups in total. The lowest BCUT2D eigenvalue weighted by Crippen LogP contribution is -2.41. The van der Waals surface area contributed by atoms with E-state index in [1.807, 2.05) is 6.92 Å². The molecule has 1 rings (SSSR count). The van der Waals surface area contributed by atoms with Crippen molar-refractivity contribution >= 4 is 17.2 Å². The summed E-state index contributed by atoms with van der Waals surface area (Å²) in [6, 6.07) is 0. The van der Waals surface area contributed by atoms with Gasteiger partial charge in [0.15, 0.2) is 0 Å². The van der Waals surface area contributed by atoms with Crippen molar-refractivity contribution in [3.63, 3.8) is 0 Å². The average Bonchev–Trinajstić information content (AvgIpc) is 2.70. The minimum absolute atomic E-state index is 0.186. The molecule has 96 valence electrons. The van der Waals surface area contributed by atoms with Crippen LogP contribution in [0.15, 0.2) is 5.38 Å². The molecule has 0 aliphatic carbocycles. The molecular formula is C11H18N2O3S. The number of ether oxygens (including phenoxy) is 1. The molecule has 0 spiro atoms. The van der Waals surface area contributed by atoms with Crippen molar-refractivity contribution in [2.45, 2.75) is 25.9 Å². The van der Waals surface area contributed by atoms with Crippen molar-refractivity contribution < 1.29 is 14.6 Å². The second-order valence-corrected chi connectivity index (χ2v) is 5.24. The van der Waals surface area contributed by atoms with Crippen molar-refractivity contribution in [3.8, 4) is 0 Å². The zero-order chi connectivity index (χ0) is 12.9. The Morgan fingerprint density at radius 2 is 2.41 bits per heavy atom. The Hall–Kier alpha value is -0.980. The maximum atomic E-state index is 11.7. The van der Waals surface area contributed by atoms with E-state index in [0.29, 0.717) is 18.7 Å². The van der Waals surface area contributed by atoms with E-state index in [1.54, 1.807) is 19.4 Å². The average molecular weight is 258 g/mol. The van der Waals surface area contributed by atoms with E-state index >= 15 is 0 Å². The molecule has 0 aromatic carbocycles. The van der Waals surface area contributed by atoms with E-state index in [2.05, 4.69) is 10.3 Å². The summed E-state index contributed by atoms with van der Waals surface area (Å²) < 4.78 is 4.89. The lowest BCUT2D eigenvalue weighted by atomic mass is 10.0. The van der Waals surface area contributed by atoms with E-state index in [9.17, 15) is 9.90 Å². The van der Waals surface area contributed by atoms with Gasteiger partial charge in [0.2, 0.25) is 0 Å². The number of methoxy groups -OCH3 is 1. The van der Waals surface area contributed by atoms with Gasteiger partial charge >= 0.3 is 0 Å². The minimum Gasteiger partial charge on any atom is -0.388 e. The number of carbonyl (C=O) groups excluding carboxylic acids is 1. The highest BCUT2D eigenvalue weighted by Crippen LogP contribution is 2.10. The minimum atomic E-state index is -0.962. The fourth-order valence-electron chi connectivity index (χ4n) is 1.24. The first-order chi connectivity index (χ1) is 7.94. The molecule has 0 aliphatic heterocycles. The zero-order valence-electron chi connectivity index (χ0n) is 10.3. The normalized spacial score (nSPS) is 14.4. The first-order valence-electron chi connectivity index (χ1n) is 5.36. The van der Waals surface area contributed by atoms with Gasteiger partial charge in [0.1, 0.15) is 5.69 Å². The summed E-state index contributed by atoms with van der Waals surface area (Å²) in [5, 5.41) is 15.1. The van der Waals surface area contributed by atoms with Gasteiger partial charge in [-0.05, 0) is 13.8 Å². The van der Waals surface area contributed by atoms with Crippen LogP contribution in [0.4, 0.5) is 0 Å². The van der Waals surface area contributed by atoms with E-state index in [-0.39, 0.29) is 12.5 Å². The van der Waals surface area contributed by atoms with Gasteiger partial charge in [0.25, 0.3) is 5.91 Å². The molecule has 17 heavy (non-hydrogen) atoms. The molecule has 6 heteroatoms. The number of aliphatic hydroxyl groups is 1. The fraction of sp³-hybridized carbons (Fsp3) is 0.636. The van der Waals surface area contributed by atoms with Gasteiger partial charge in [-0.3, -0.25) is 4.79 Å². The zero-order valence-corrected chi connectivity index (χ0v) is 11.1. The molecule has 0 saturated heterocycles. The van der Waals surface area contributed by atoms with Crippen molar-refractivity contribution in [2.75, 3.05) is 20.3 Å². The summed E-state index contributed by atoms with van der Waals surface area (Å²) in [5.74, 6) is -0.257. The van der Waals surface area contributed by atoms with Crippen LogP contribution in [0.2, 0.25) is 0 Å². The standard InChI is InChI=1S/C11H18N2O3S/c1-8-13-9(6-17-8)10(14)12-7-11(2,15)4-5-16-3/h6,15H,4-5,7H2,1-3H3,(H,12,14). The van der Waals surface area contributed by atoms with Crippen LogP contribution in [0.1, 0.15) is 28.8 Å². The van der Waals surface area contributed by atoms with Crippen LogP contribution in [0.5, 0.6) is 0 Å². The van der Waals surface area contributed by atoms with Gasteiger partial charge in [-0.15, -0.1) is 11.3 Å². The number of aromatic nitrogens is 1. The van der Waals surface area contributed by atoms with Gasteiger partial charge in [-0.25, -0.2) is 4.98 Å². The number of aryl methyl sites for hydroxylation is 1. The van der Waals surface area contributed by atoms with Crippen molar-refractivity contribution in [1.29, 1.82) is 0 Å². The Balaban J connectivity index is 2.42. The van der Waals surface area contributed by atoms with Crippen molar-refractivity contribution in [3.05, 3.63) is 16.1 Å². The number of nitrogens with one attached hydrogen (secondary N) is 1. The van der Waals surface area contributed by atoms with Crippen LogP contribution in [-0.4, -0.2) is 41.9 Å². The van der Waals surface area contributed by atoms with Crippen LogP contribution >= 0.6 is 11.3 Å². The second kappa shape index (κ2) is 6.09. The third kappa shape index (κ3) is 4.80. The van der Waals surface area contributed by atoms with Crippen LogP contribution < -0.4 is 5.32 Å². The van der Waals surface area contributed by atoms with Crippen LogP contribution in [0, 0.1) is 6.92 Å². The predicted molar refractivity (Wildman–Crippen MR) is 66.3 cm³/mol. The Labute approximate surface area is 105 Å². The fourth-order valence-corrected chi connectivity index (χ4v) is 1.83. The Bertz CT molecular complexity index is 377. The van der Waals surface area contributed by atoms with Gasteiger partial charge < -0.3 is 15.2 Å². The molecule has 1 aromatic heterocycles. The second-order valence-electron chi connectivity index (χ2n) is 4.17. The molecule has 1 heterocycles.